The van der Waals surface area contributed by atoms with Gasteiger partial charge in [-0.1, -0.05) is 11.6 Å². The highest BCUT2D eigenvalue weighted by molar-refractivity contribution is 6.31. The van der Waals surface area contributed by atoms with Crippen molar-refractivity contribution in [2.75, 3.05) is 20.3 Å². The van der Waals surface area contributed by atoms with Gasteiger partial charge in [0, 0.05) is 11.1 Å². The van der Waals surface area contributed by atoms with Crippen LogP contribution in [0.4, 0.5) is 0 Å². The molecule has 0 amide bonds. The van der Waals surface area contributed by atoms with E-state index in [2.05, 4.69) is 0 Å². The van der Waals surface area contributed by atoms with Crippen LogP contribution in [-0.2, 0) is 0 Å². The third-order valence-electron chi connectivity index (χ3n) is 1.81. The zero-order valence-electron chi connectivity index (χ0n) is 8.57. The van der Waals surface area contributed by atoms with Crippen molar-refractivity contribution >= 4 is 17.6 Å². The molecule has 88 valence electrons. The minimum atomic E-state index is -1.17. The summed E-state index contributed by atoms with van der Waals surface area (Å²) in [5, 5.41) is 17.8. The Balaban J connectivity index is 3.21. The summed E-state index contributed by atoms with van der Waals surface area (Å²) in [6.07, 6.45) is 0. The summed E-state index contributed by atoms with van der Waals surface area (Å²) in [4.78, 5) is 10.9. The number of benzene rings is 1. The summed E-state index contributed by atoms with van der Waals surface area (Å²) in [5.41, 5.74) is -0.0993. The molecular weight excluding hydrogens is 236 g/mol. The molecule has 5 nitrogen and oxygen atoms in total. The number of aliphatic hydroxyl groups excluding tert-OH is 1. The number of aromatic carboxylic acids is 1. The highest BCUT2D eigenvalue weighted by atomic mass is 35.5. The Labute approximate surface area is 97.2 Å². The largest absolute Gasteiger partial charge is 0.493 e. The Bertz CT molecular complexity index is 391. The van der Waals surface area contributed by atoms with Gasteiger partial charge in [-0.15, -0.1) is 0 Å². The molecule has 0 saturated carbocycles. The van der Waals surface area contributed by atoms with Crippen LogP contribution < -0.4 is 9.47 Å². The van der Waals surface area contributed by atoms with Crippen LogP contribution in [0, 0.1) is 0 Å². The van der Waals surface area contributed by atoms with Crippen LogP contribution >= 0.6 is 11.6 Å². The first-order valence-electron chi connectivity index (χ1n) is 4.44. The fourth-order valence-corrected chi connectivity index (χ4v) is 1.38. The van der Waals surface area contributed by atoms with Gasteiger partial charge in [0.05, 0.1) is 13.7 Å². The summed E-state index contributed by atoms with van der Waals surface area (Å²) in [7, 11) is 1.38. The number of carboxylic acid groups (broad SMARTS) is 1. The Kier molecular flexibility index (Phi) is 4.39. The maximum atomic E-state index is 10.9. The van der Waals surface area contributed by atoms with Gasteiger partial charge in [0.25, 0.3) is 0 Å². The van der Waals surface area contributed by atoms with E-state index < -0.39 is 5.97 Å². The van der Waals surface area contributed by atoms with Gasteiger partial charge in [-0.3, -0.25) is 0 Å². The van der Waals surface area contributed by atoms with E-state index in [1.165, 1.54) is 19.2 Å². The lowest BCUT2D eigenvalue weighted by Gasteiger charge is -2.12. The number of aliphatic hydroxyl groups is 1. The first-order valence-corrected chi connectivity index (χ1v) is 4.82. The molecule has 0 heterocycles. The number of ether oxygens (including phenoxy) is 2. The van der Waals surface area contributed by atoms with E-state index in [0.717, 1.165) is 0 Å². The standard InChI is InChI=1S/C10H11ClO5/c1-15-8-5-6(11)4-7(10(13)14)9(8)16-3-2-12/h4-5,12H,2-3H2,1H3,(H,13,14). The molecule has 1 aromatic rings. The molecule has 0 fully saturated rings. The van der Waals surface area contributed by atoms with E-state index in [1.807, 2.05) is 0 Å². The van der Waals surface area contributed by atoms with Crippen molar-refractivity contribution in [1.82, 2.24) is 0 Å². The van der Waals surface area contributed by atoms with Crippen molar-refractivity contribution in [3.63, 3.8) is 0 Å². The van der Waals surface area contributed by atoms with Gasteiger partial charge in [0.2, 0.25) is 0 Å². The molecule has 1 aromatic carbocycles. The number of rotatable bonds is 5. The highest BCUT2D eigenvalue weighted by Crippen LogP contribution is 2.34. The van der Waals surface area contributed by atoms with E-state index in [9.17, 15) is 4.79 Å². The SMILES string of the molecule is COc1cc(Cl)cc(C(=O)O)c1OCCO. The van der Waals surface area contributed by atoms with Crippen molar-refractivity contribution in [2.24, 2.45) is 0 Å². The number of hydrogen-bond acceptors (Lipinski definition) is 4. The lowest BCUT2D eigenvalue weighted by atomic mass is 10.2. The van der Waals surface area contributed by atoms with Gasteiger partial charge in [0.1, 0.15) is 12.2 Å². The van der Waals surface area contributed by atoms with Crippen molar-refractivity contribution in [3.8, 4) is 11.5 Å². The van der Waals surface area contributed by atoms with E-state index in [4.69, 9.17) is 31.3 Å². The quantitative estimate of drug-likeness (QED) is 0.822. The van der Waals surface area contributed by atoms with Gasteiger partial charge < -0.3 is 19.7 Å². The Morgan fingerprint density at radius 1 is 1.50 bits per heavy atom. The van der Waals surface area contributed by atoms with Gasteiger partial charge >= 0.3 is 5.97 Å². The normalized spacial score (nSPS) is 9.94. The molecule has 16 heavy (non-hydrogen) atoms. The molecule has 0 aromatic heterocycles. The molecule has 0 spiro atoms. The lowest BCUT2D eigenvalue weighted by molar-refractivity contribution is 0.0689. The number of halogens is 1. The summed E-state index contributed by atoms with van der Waals surface area (Å²) in [5.74, 6) is -0.888. The molecule has 0 unspecified atom stereocenters. The minimum Gasteiger partial charge on any atom is -0.493 e. The van der Waals surface area contributed by atoms with Crippen LogP contribution in [0.5, 0.6) is 11.5 Å². The molecule has 0 aliphatic carbocycles. The molecule has 6 heteroatoms. The zero-order valence-corrected chi connectivity index (χ0v) is 9.32. The summed E-state index contributed by atoms with van der Waals surface area (Å²) in [6, 6.07) is 2.71. The Hall–Kier alpha value is -1.46. The second kappa shape index (κ2) is 5.58. The Morgan fingerprint density at radius 3 is 2.69 bits per heavy atom. The van der Waals surface area contributed by atoms with Crippen LogP contribution in [0.1, 0.15) is 10.4 Å². The molecule has 0 aliphatic rings. The lowest BCUT2D eigenvalue weighted by Crippen LogP contribution is -2.08. The number of carboxylic acids is 1. The fourth-order valence-electron chi connectivity index (χ4n) is 1.18. The van der Waals surface area contributed by atoms with Gasteiger partial charge in [0.15, 0.2) is 11.5 Å². The maximum Gasteiger partial charge on any atom is 0.339 e. The summed E-state index contributed by atoms with van der Waals surface area (Å²) < 4.78 is 10.1. The number of methoxy groups -OCH3 is 1. The van der Waals surface area contributed by atoms with Crippen LogP contribution in [0.25, 0.3) is 0 Å². The third kappa shape index (κ3) is 2.77. The molecule has 1 rings (SSSR count). The molecule has 0 atom stereocenters. The first-order chi connectivity index (χ1) is 7.60. The topological polar surface area (TPSA) is 76.0 Å². The van der Waals surface area contributed by atoms with Crippen molar-refractivity contribution in [2.45, 2.75) is 0 Å². The summed E-state index contributed by atoms with van der Waals surface area (Å²) >= 11 is 5.73. The second-order valence-corrected chi connectivity index (χ2v) is 3.30. The van der Waals surface area contributed by atoms with Crippen LogP contribution in [0.15, 0.2) is 12.1 Å². The molecule has 0 saturated heterocycles. The van der Waals surface area contributed by atoms with E-state index in [0.29, 0.717) is 0 Å². The molecule has 0 aliphatic heterocycles. The number of carbonyl (C=O) groups is 1. The van der Waals surface area contributed by atoms with Gasteiger partial charge in [-0.05, 0) is 6.07 Å². The third-order valence-corrected chi connectivity index (χ3v) is 2.03. The monoisotopic (exact) mass is 246 g/mol. The van der Waals surface area contributed by atoms with Crippen LogP contribution in [0.2, 0.25) is 5.02 Å². The minimum absolute atomic E-state index is 0.0156. The van der Waals surface area contributed by atoms with E-state index in [1.54, 1.807) is 0 Å². The van der Waals surface area contributed by atoms with E-state index in [-0.39, 0.29) is 35.3 Å². The predicted molar refractivity (Wildman–Crippen MR) is 57.5 cm³/mol. The zero-order chi connectivity index (χ0) is 12.1. The van der Waals surface area contributed by atoms with Gasteiger partial charge in [-0.2, -0.15) is 0 Å². The molecular formula is C10H11ClO5. The smallest absolute Gasteiger partial charge is 0.339 e. The molecule has 0 bridgehead atoms. The maximum absolute atomic E-state index is 10.9. The van der Waals surface area contributed by atoms with Crippen molar-refractivity contribution in [1.29, 1.82) is 0 Å². The highest BCUT2D eigenvalue weighted by Gasteiger charge is 2.17. The molecule has 2 N–H and O–H groups in total. The average Bonchev–Trinajstić information content (AvgIpc) is 2.26. The van der Waals surface area contributed by atoms with E-state index >= 15 is 0 Å². The number of hydrogen-bond donors (Lipinski definition) is 2. The predicted octanol–water partition coefficient (Wildman–Crippen LogP) is 1.42. The van der Waals surface area contributed by atoms with Crippen LogP contribution in [-0.4, -0.2) is 36.5 Å². The van der Waals surface area contributed by atoms with Crippen molar-refractivity contribution in [3.05, 3.63) is 22.7 Å². The Morgan fingerprint density at radius 2 is 2.19 bits per heavy atom. The summed E-state index contributed by atoms with van der Waals surface area (Å²) in [6.45, 7) is -0.233. The van der Waals surface area contributed by atoms with Gasteiger partial charge in [-0.25, -0.2) is 4.79 Å². The van der Waals surface area contributed by atoms with Crippen molar-refractivity contribution < 1.29 is 24.5 Å². The average molecular weight is 247 g/mol. The van der Waals surface area contributed by atoms with Crippen LogP contribution in [0.3, 0.4) is 0 Å². The first kappa shape index (κ1) is 12.6. The fraction of sp³-hybridized carbons (Fsp3) is 0.300. The second-order valence-electron chi connectivity index (χ2n) is 2.86. The molecule has 0 radical (unpaired) electrons.